The molecule has 0 amide bonds. The first-order valence-corrected chi connectivity index (χ1v) is 36.8. The number of hydrogen-bond acceptors (Lipinski definition) is 0. The molecule has 0 aliphatic heterocycles. The van der Waals surface area contributed by atoms with E-state index < -0.39 is 14.1 Å². The maximum absolute atomic E-state index is 2.79. The molecule has 73 heavy (non-hydrogen) atoms. The molecular formula is C72H147Cr. The Balaban J connectivity index is 13.0. The Hall–Kier alpha value is 0.532. The Morgan fingerprint density at radius 2 is 0.219 bits per heavy atom. The predicted molar refractivity (Wildman–Crippen MR) is 336 cm³/mol. The summed E-state index contributed by atoms with van der Waals surface area (Å²) >= 11 is -2.06. The van der Waals surface area contributed by atoms with Crippen molar-refractivity contribution in [1.82, 2.24) is 0 Å². The molecule has 0 fully saturated rings. The van der Waals surface area contributed by atoms with Gasteiger partial charge in [0.1, 0.15) is 0 Å². The van der Waals surface area contributed by atoms with Crippen LogP contribution in [0.2, 0.25) is 12.8 Å². The topological polar surface area (TPSA) is 0 Å². The van der Waals surface area contributed by atoms with Crippen molar-refractivity contribution in [2.24, 2.45) is 32.5 Å². The van der Waals surface area contributed by atoms with Crippen LogP contribution in [0.15, 0.2) is 0 Å². The second-order valence-corrected chi connectivity index (χ2v) is 30.4. The maximum atomic E-state index is 2.79. The summed E-state index contributed by atoms with van der Waals surface area (Å²) in [6.45, 7) is 56.9. The standard InChI is InChI=1S/3C24H49.Cr/c3*1-8-15-22(23(16-9-2,17-10-3)18-11-4)24(19-12-5,20-13-6)21-14-7;/h3*8-21H2,1-7H3;. The summed E-state index contributed by atoms with van der Waals surface area (Å²) in [4.78, 5) is 0. The Kier molecular flexibility index (Phi) is 37.7. The summed E-state index contributed by atoms with van der Waals surface area (Å²) in [5.41, 5.74) is 1.93. The molecule has 0 N–H and O–H groups in total. The van der Waals surface area contributed by atoms with Crippen LogP contribution < -0.4 is 0 Å². The number of hydrogen-bond donors (Lipinski definition) is 0. The van der Waals surface area contributed by atoms with E-state index in [0.29, 0.717) is 45.3 Å². The molecule has 0 aromatic rings. The molecule has 0 radical (unpaired) electrons. The monoisotopic (exact) mass is 1060 g/mol. The summed E-state index contributed by atoms with van der Waals surface area (Å²) in [7, 11) is 0. The second kappa shape index (κ2) is 37.5. The van der Waals surface area contributed by atoms with Crippen molar-refractivity contribution < 1.29 is 14.1 Å². The minimum atomic E-state index is -2.06. The van der Waals surface area contributed by atoms with Crippen LogP contribution in [0.1, 0.15) is 415 Å². The zero-order valence-electron chi connectivity index (χ0n) is 55.6. The van der Waals surface area contributed by atoms with E-state index in [1.54, 1.807) is 0 Å². The van der Waals surface area contributed by atoms with Gasteiger partial charge in [-0.25, -0.2) is 0 Å². The van der Waals surface area contributed by atoms with Gasteiger partial charge in [-0.2, -0.15) is 0 Å². The van der Waals surface area contributed by atoms with Crippen molar-refractivity contribution in [3.63, 3.8) is 0 Å². The molecule has 0 saturated heterocycles. The van der Waals surface area contributed by atoms with Crippen molar-refractivity contribution in [3.05, 3.63) is 0 Å². The summed E-state index contributed by atoms with van der Waals surface area (Å²) < 4.78 is 0.890. The molecule has 0 aliphatic carbocycles. The SMILES string of the molecule is CCCC(CCC)(CCC)[C](CCC)([Cr]([C](CCC)(C(CCC)(CCC)CCC)C(CCC)(CCC)CCC)[C](CCC)(C(CCC)(CCC)CCC)C(CCC)(CCC)CCC)C(CCC)(CCC)CCC. The van der Waals surface area contributed by atoms with Crippen molar-refractivity contribution in [1.29, 1.82) is 0 Å². The van der Waals surface area contributed by atoms with E-state index in [9.17, 15) is 0 Å². The summed E-state index contributed by atoms with van der Waals surface area (Å²) in [6, 6.07) is 0. The molecule has 0 saturated carbocycles. The van der Waals surface area contributed by atoms with Crippen molar-refractivity contribution in [2.75, 3.05) is 0 Å². The summed E-state index contributed by atoms with van der Waals surface area (Å²) in [6.07, 6.45) is 59.4. The third kappa shape index (κ3) is 14.7. The fraction of sp³-hybridized carbons (Fsp3) is 1.00. The molecule has 0 nitrogen and oxygen atoms in total. The van der Waals surface area contributed by atoms with Gasteiger partial charge in [0.25, 0.3) is 0 Å². The Labute approximate surface area is 471 Å². The number of rotatable bonds is 51. The quantitative estimate of drug-likeness (QED) is 0.0570. The molecule has 0 aromatic heterocycles. The van der Waals surface area contributed by atoms with Gasteiger partial charge in [0.2, 0.25) is 0 Å². The van der Waals surface area contributed by atoms with Gasteiger partial charge < -0.3 is 0 Å². The van der Waals surface area contributed by atoms with Gasteiger partial charge in [-0.3, -0.25) is 0 Å². The molecule has 0 unspecified atom stereocenters. The predicted octanol–water partition coefficient (Wildman–Crippen LogP) is 27.8. The van der Waals surface area contributed by atoms with Gasteiger partial charge in [-0.15, -0.1) is 0 Å². The van der Waals surface area contributed by atoms with Gasteiger partial charge in [0, 0.05) is 0 Å². The second-order valence-electron chi connectivity index (χ2n) is 26.2. The third-order valence-electron chi connectivity index (χ3n) is 21.1. The summed E-state index contributed by atoms with van der Waals surface area (Å²) in [5, 5.41) is 0. The summed E-state index contributed by atoms with van der Waals surface area (Å²) in [5.74, 6) is 0. The zero-order valence-corrected chi connectivity index (χ0v) is 56.9. The fourth-order valence-corrected chi connectivity index (χ4v) is 33.0. The third-order valence-corrected chi connectivity index (χ3v) is 29.4. The molecule has 441 valence electrons. The molecule has 0 bridgehead atoms. The Morgan fingerprint density at radius 1 is 0.137 bits per heavy atom. The van der Waals surface area contributed by atoms with Crippen molar-refractivity contribution in [2.45, 2.75) is 428 Å². The van der Waals surface area contributed by atoms with Crippen LogP contribution in [0.3, 0.4) is 0 Å². The first-order chi connectivity index (χ1) is 35.1. The zero-order chi connectivity index (χ0) is 55.8. The molecule has 0 rings (SSSR count). The normalized spacial score (nSPS) is 14.1. The first kappa shape index (κ1) is 73.5. The van der Waals surface area contributed by atoms with E-state index in [2.05, 4.69) is 145 Å². The van der Waals surface area contributed by atoms with Gasteiger partial charge in [-0.1, -0.05) is 0 Å². The van der Waals surface area contributed by atoms with E-state index in [1.807, 2.05) is 0 Å². The fourth-order valence-electron chi connectivity index (χ4n) is 21.3. The molecule has 0 aromatic carbocycles. The first-order valence-electron chi connectivity index (χ1n) is 34.9. The Morgan fingerprint density at radius 3 is 0.288 bits per heavy atom. The average molecular weight is 1060 g/mol. The van der Waals surface area contributed by atoms with Crippen LogP contribution in [0.25, 0.3) is 0 Å². The van der Waals surface area contributed by atoms with E-state index in [1.165, 1.54) is 270 Å². The van der Waals surface area contributed by atoms with Crippen molar-refractivity contribution in [3.8, 4) is 0 Å². The molecule has 0 heterocycles. The molecular weight excluding hydrogens is 917 g/mol. The molecule has 0 atom stereocenters. The van der Waals surface area contributed by atoms with E-state index in [-0.39, 0.29) is 0 Å². The van der Waals surface area contributed by atoms with Gasteiger partial charge in [-0.05, 0) is 0 Å². The van der Waals surface area contributed by atoms with Crippen molar-refractivity contribution >= 4 is 0 Å². The average Bonchev–Trinajstić information content (AvgIpc) is 3.34. The minimum absolute atomic E-state index is 0.297. The molecule has 0 spiro atoms. The van der Waals surface area contributed by atoms with Crippen LogP contribution in [0, 0.1) is 32.5 Å². The van der Waals surface area contributed by atoms with Crippen LogP contribution >= 0.6 is 0 Å². The van der Waals surface area contributed by atoms with Gasteiger partial charge in [0.15, 0.2) is 0 Å². The van der Waals surface area contributed by atoms with Crippen LogP contribution in [0.5, 0.6) is 0 Å². The Bertz CT molecular complexity index is 965. The van der Waals surface area contributed by atoms with E-state index >= 15 is 0 Å². The van der Waals surface area contributed by atoms with Gasteiger partial charge >= 0.3 is 475 Å². The van der Waals surface area contributed by atoms with Crippen LogP contribution in [-0.2, 0) is 14.1 Å². The molecule has 0 aliphatic rings. The van der Waals surface area contributed by atoms with Crippen LogP contribution in [-0.4, -0.2) is 0 Å². The van der Waals surface area contributed by atoms with Crippen LogP contribution in [0.4, 0.5) is 0 Å². The molecule has 1 heteroatoms. The van der Waals surface area contributed by atoms with E-state index in [0.717, 1.165) is 0 Å². The van der Waals surface area contributed by atoms with E-state index in [4.69, 9.17) is 0 Å². The van der Waals surface area contributed by atoms with Gasteiger partial charge in [0.05, 0.1) is 0 Å².